The van der Waals surface area contributed by atoms with Gasteiger partial charge in [-0.3, -0.25) is 0 Å². The summed E-state index contributed by atoms with van der Waals surface area (Å²) in [5.74, 6) is 0.442. The first-order chi connectivity index (χ1) is 7.79. The first-order valence-corrected chi connectivity index (χ1v) is 6.01. The molecule has 92 valence electrons. The number of piperidine rings is 1. The van der Waals surface area contributed by atoms with Crippen molar-refractivity contribution < 1.29 is 4.74 Å². The molecule has 0 radical (unpaired) electrons. The van der Waals surface area contributed by atoms with Crippen LogP contribution in [0.15, 0.2) is 37.0 Å². The Hall–Kier alpha value is -0.860. The van der Waals surface area contributed by atoms with Gasteiger partial charge in [-0.2, -0.15) is 0 Å². The van der Waals surface area contributed by atoms with Crippen molar-refractivity contribution in [2.24, 2.45) is 5.92 Å². The molecule has 0 amide bonds. The molecule has 1 fully saturated rings. The summed E-state index contributed by atoms with van der Waals surface area (Å²) < 4.78 is 5.42. The minimum Gasteiger partial charge on any atom is -0.379 e. The molecule has 0 spiro atoms. The van der Waals surface area contributed by atoms with Crippen molar-refractivity contribution in [2.45, 2.75) is 26.4 Å². The molecule has 0 aromatic heterocycles. The summed E-state index contributed by atoms with van der Waals surface area (Å²) in [5.41, 5.74) is 1.14. The zero-order valence-corrected chi connectivity index (χ0v) is 10.8. The average molecular weight is 223 g/mol. The Balaban J connectivity index is 0.00000106. The van der Waals surface area contributed by atoms with Crippen molar-refractivity contribution in [2.75, 3.05) is 20.2 Å². The molecule has 1 aliphatic heterocycles. The topological polar surface area (TPSA) is 21.3 Å². The van der Waals surface area contributed by atoms with Crippen LogP contribution < -0.4 is 5.32 Å². The van der Waals surface area contributed by atoms with E-state index in [1.165, 1.54) is 0 Å². The maximum atomic E-state index is 5.42. The monoisotopic (exact) mass is 223 g/mol. The molecule has 0 aromatic rings. The molecule has 0 saturated carbocycles. The van der Waals surface area contributed by atoms with Crippen molar-refractivity contribution in [3.05, 3.63) is 37.0 Å². The number of allylic oxidation sites excluding steroid dienone is 3. The van der Waals surface area contributed by atoms with Crippen LogP contribution >= 0.6 is 0 Å². The van der Waals surface area contributed by atoms with E-state index in [-0.39, 0.29) is 6.10 Å². The Bertz CT molecular complexity index is 233. The van der Waals surface area contributed by atoms with Gasteiger partial charge in [0, 0.05) is 19.6 Å². The van der Waals surface area contributed by atoms with Crippen molar-refractivity contribution in [1.82, 2.24) is 5.32 Å². The zero-order chi connectivity index (χ0) is 12.4. The van der Waals surface area contributed by atoms with Gasteiger partial charge >= 0.3 is 0 Å². The first kappa shape index (κ1) is 15.1. The van der Waals surface area contributed by atoms with E-state index in [4.69, 9.17) is 4.74 Å². The van der Waals surface area contributed by atoms with Crippen LogP contribution in [0.25, 0.3) is 0 Å². The number of rotatable bonds is 4. The Kier molecular flexibility index (Phi) is 8.87. The number of hydrogen-bond donors (Lipinski definition) is 1. The molecular weight excluding hydrogens is 198 g/mol. The predicted molar refractivity (Wildman–Crippen MR) is 71.6 cm³/mol. The van der Waals surface area contributed by atoms with Gasteiger partial charge in [-0.25, -0.2) is 0 Å². The third-order valence-electron chi connectivity index (χ3n) is 2.65. The average Bonchev–Trinajstić information content (AvgIpc) is 2.38. The van der Waals surface area contributed by atoms with Crippen LogP contribution in [0, 0.1) is 5.92 Å². The quantitative estimate of drug-likeness (QED) is 0.740. The number of ether oxygens (including phenoxy) is 1. The van der Waals surface area contributed by atoms with Gasteiger partial charge in [-0.15, -0.1) is 0 Å². The normalized spacial score (nSPS) is 24.7. The minimum atomic E-state index is 0.255. The summed E-state index contributed by atoms with van der Waals surface area (Å²) in [5, 5.41) is 3.32. The van der Waals surface area contributed by atoms with Gasteiger partial charge in [0.15, 0.2) is 0 Å². The Labute approximate surface area is 100 Å². The molecule has 0 aromatic carbocycles. The fraction of sp³-hybridized carbons (Fsp3) is 0.571. The lowest BCUT2D eigenvalue weighted by molar-refractivity contribution is 0.0490. The van der Waals surface area contributed by atoms with Gasteiger partial charge in [0.1, 0.15) is 0 Å². The van der Waals surface area contributed by atoms with Gasteiger partial charge < -0.3 is 10.1 Å². The van der Waals surface area contributed by atoms with Crippen LogP contribution in [-0.4, -0.2) is 26.3 Å². The lowest BCUT2D eigenvalue weighted by atomic mass is 9.88. The van der Waals surface area contributed by atoms with Crippen molar-refractivity contribution in [3.8, 4) is 0 Å². The largest absolute Gasteiger partial charge is 0.379 e. The molecule has 0 aliphatic carbocycles. The van der Waals surface area contributed by atoms with Gasteiger partial charge in [-0.1, -0.05) is 45.2 Å². The third kappa shape index (κ3) is 4.77. The van der Waals surface area contributed by atoms with Crippen LogP contribution in [0.3, 0.4) is 0 Å². The van der Waals surface area contributed by atoms with E-state index >= 15 is 0 Å². The molecule has 1 N–H and O–H groups in total. The Morgan fingerprint density at radius 3 is 2.69 bits per heavy atom. The van der Waals surface area contributed by atoms with Gasteiger partial charge in [0.05, 0.1) is 6.10 Å². The minimum absolute atomic E-state index is 0.255. The summed E-state index contributed by atoms with van der Waals surface area (Å²) in [6.07, 6.45) is 7.07. The summed E-state index contributed by atoms with van der Waals surface area (Å²) >= 11 is 0. The molecule has 16 heavy (non-hydrogen) atoms. The highest BCUT2D eigenvalue weighted by molar-refractivity contribution is 5.22. The maximum Gasteiger partial charge on any atom is 0.0764 e. The van der Waals surface area contributed by atoms with E-state index < -0.39 is 0 Å². The van der Waals surface area contributed by atoms with Gasteiger partial charge in [0.2, 0.25) is 0 Å². The first-order valence-electron chi connectivity index (χ1n) is 6.01. The molecule has 1 aliphatic rings. The molecule has 1 unspecified atom stereocenters. The van der Waals surface area contributed by atoms with Crippen LogP contribution in [0.5, 0.6) is 0 Å². The molecule has 1 heterocycles. The lowest BCUT2D eigenvalue weighted by Gasteiger charge is -2.31. The van der Waals surface area contributed by atoms with Crippen molar-refractivity contribution >= 4 is 0 Å². The third-order valence-corrected chi connectivity index (χ3v) is 2.65. The second kappa shape index (κ2) is 9.37. The lowest BCUT2D eigenvalue weighted by Crippen LogP contribution is -2.42. The molecule has 2 heteroatoms. The molecule has 1 rings (SSSR count). The highest BCUT2D eigenvalue weighted by Gasteiger charge is 2.25. The summed E-state index contributed by atoms with van der Waals surface area (Å²) in [7, 11) is 1.76. The highest BCUT2D eigenvalue weighted by atomic mass is 16.5. The van der Waals surface area contributed by atoms with E-state index in [1.54, 1.807) is 13.2 Å². The maximum absolute atomic E-state index is 5.42. The van der Waals surface area contributed by atoms with Crippen LogP contribution in [0.4, 0.5) is 0 Å². The second-order valence-electron chi connectivity index (χ2n) is 3.54. The predicted octanol–water partition coefficient (Wildman–Crippen LogP) is 2.94. The second-order valence-corrected chi connectivity index (χ2v) is 3.54. The molecule has 1 saturated heterocycles. The fourth-order valence-electron chi connectivity index (χ4n) is 1.82. The van der Waals surface area contributed by atoms with Gasteiger partial charge in [0.25, 0.3) is 0 Å². The van der Waals surface area contributed by atoms with Crippen LogP contribution in [0.1, 0.15) is 20.3 Å². The van der Waals surface area contributed by atoms with Crippen molar-refractivity contribution in [1.29, 1.82) is 0 Å². The van der Waals surface area contributed by atoms with Gasteiger partial charge in [-0.05, 0) is 18.5 Å². The number of hydrogen-bond acceptors (Lipinski definition) is 2. The highest BCUT2D eigenvalue weighted by Crippen LogP contribution is 2.23. The molecule has 2 nitrogen and oxygen atoms in total. The van der Waals surface area contributed by atoms with Crippen LogP contribution in [-0.2, 0) is 4.74 Å². The van der Waals surface area contributed by atoms with E-state index in [0.29, 0.717) is 5.92 Å². The summed E-state index contributed by atoms with van der Waals surface area (Å²) in [4.78, 5) is 0. The molecule has 0 bridgehead atoms. The SMILES string of the molecule is C=C/C=C\C(=C)[C@@H]1CCNCC1OC.CC. The van der Waals surface area contributed by atoms with E-state index in [2.05, 4.69) is 18.5 Å². The number of methoxy groups -OCH3 is 1. The van der Waals surface area contributed by atoms with Crippen LogP contribution in [0.2, 0.25) is 0 Å². The summed E-state index contributed by atoms with van der Waals surface area (Å²) in [6.45, 7) is 13.7. The van der Waals surface area contributed by atoms with E-state index in [9.17, 15) is 0 Å². The number of nitrogens with one attached hydrogen (secondary N) is 1. The molecule has 2 atom stereocenters. The fourth-order valence-corrected chi connectivity index (χ4v) is 1.82. The Morgan fingerprint density at radius 1 is 1.44 bits per heavy atom. The standard InChI is InChI=1S/C12H19NO.C2H6/c1-4-5-6-10(2)11-7-8-13-9-12(11)14-3;1-2/h4-6,11-13H,1-2,7-9H2,3H3;1-2H3/b6-5-;/t11-,12?;/m0./s1. The molecular formula is C14H25NO. The smallest absolute Gasteiger partial charge is 0.0764 e. The van der Waals surface area contributed by atoms with E-state index in [0.717, 1.165) is 25.1 Å². The summed E-state index contributed by atoms with van der Waals surface area (Å²) in [6, 6.07) is 0. The van der Waals surface area contributed by atoms with E-state index in [1.807, 2.05) is 26.0 Å². The Morgan fingerprint density at radius 2 is 2.12 bits per heavy atom. The van der Waals surface area contributed by atoms with Crippen molar-refractivity contribution in [3.63, 3.8) is 0 Å². The zero-order valence-electron chi connectivity index (χ0n) is 10.8.